The number of hydrogen-bond donors (Lipinski definition) is 3. The predicted molar refractivity (Wildman–Crippen MR) is 319 cm³/mol. The molecular weight excluding hydrogens is 899 g/mol. The second-order valence-electron chi connectivity index (χ2n) is 22.5. The maximum Gasteiger partial charge on any atom is 0.305 e. The molecule has 0 bridgehead atoms. The first kappa shape index (κ1) is 71.1. The zero-order chi connectivity index (χ0) is 52.9. The van der Waals surface area contributed by atoms with Gasteiger partial charge in [0.2, 0.25) is 5.91 Å². The Bertz CT molecular complexity index is 1180. The molecule has 0 heterocycles. The lowest BCUT2D eigenvalue weighted by Crippen LogP contribution is -2.45. The predicted octanol–water partition coefficient (Wildman–Crippen LogP) is 20.8. The highest BCUT2D eigenvalue weighted by atomic mass is 16.5. The molecule has 6 heteroatoms. The third-order valence-corrected chi connectivity index (χ3v) is 15.2. The van der Waals surface area contributed by atoms with Crippen molar-refractivity contribution in [1.82, 2.24) is 5.32 Å². The molecule has 0 saturated heterocycles. The van der Waals surface area contributed by atoms with Crippen LogP contribution in [0.15, 0.2) is 36.5 Å². The number of allylic oxidation sites excluding steroid dienone is 5. The Balaban J connectivity index is 3.37. The topological polar surface area (TPSA) is 95.9 Å². The van der Waals surface area contributed by atoms with Crippen LogP contribution in [0.25, 0.3) is 0 Å². The highest BCUT2D eigenvalue weighted by Crippen LogP contribution is 2.18. The van der Waals surface area contributed by atoms with Crippen LogP contribution >= 0.6 is 0 Å². The number of aliphatic hydroxyl groups is 2. The van der Waals surface area contributed by atoms with Crippen molar-refractivity contribution in [2.45, 2.75) is 366 Å². The molecule has 0 aromatic heterocycles. The van der Waals surface area contributed by atoms with Gasteiger partial charge in [-0.15, -0.1) is 0 Å². The fraction of sp³-hybridized carbons (Fsp3) is 0.881. The van der Waals surface area contributed by atoms with Gasteiger partial charge in [0, 0.05) is 12.8 Å². The summed E-state index contributed by atoms with van der Waals surface area (Å²) in [5.41, 5.74) is 0. The average molecular weight is 1030 g/mol. The number of aliphatic hydroxyl groups excluding tert-OH is 2. The molecule has 2 atom stereocenters. The van der Waals surface area contributed by atoms with E-state index in [-0.39, 0.29) is 18.5 Å². The summed E-state index contributed by atoms with van der Waals surface area (Å²) < 4.78 is 5.50. The summed E-state index contributed by atoms with van der Waals surface area (Å²) in [7, 11) is 0. The summed E-state index contributed by atoms with van der Waals surface area (Å²) in [6.07, 6.45) is 79.3. The molecule has 0 rings (SSSR count). The smallest absolute Gasteiger partial charge is 0.305 e. The van der Waals surface area contributed by atoms with Crippen LogP contribution in [-0.4, -0.2) is 47.4 Å². The molecular formula is C67H127NO5. The molecule has 0 saturated carbocycles. The number of esters is 1. The van der Waals surface area contributed by atoms with Gasteiger partial charge in [-0.2, -0.15) is 0 Å². The van der Waals surface area contributed by atoms with Gasteiger partial charge in [0.1, 0.15) is 0 Å². The number of ether oxygens (including phenoxy) is 1. The zero-order valence-electron chi connectivity index (χ0n) is 49.1. The largest absolute Gasteiger partial charge is 0.466 e. The number of rotatable bonds is 61. The molecule has 3 N–H and O–H groups in total. The molecule has 0 aromatic carbocycles. The number of unbranched alkanes of at least 4 members (excludes halogenated alkanes) is 46. The highest BCUT2D eigenvalue weighted by Gasteiger charge is 2.18. The van der Waals surface area contributed by atoms with E-state index < -0.39 is 12.1 Å². The summed E-state index contributed by atoms with van der Waals surface area (Å²) in [5.74, 6) is -0.0550. The summed E-state index contributed by atoms with van der Waals surface area (Å²) in [6, 6.07) is -0.627. The monoisotopic (exact) mass is 1030 g/mol. The Kier molecular flexibility index (Phi) is 61.0. The third-order valence-electron chi connectivity index (χ3n) is 15.2. The molecule has 430 valence electrons. The minimum absolute atomic E-state index is 0.0161. The summed E-state index contributed by atoms with van der Waals surface area (Å²) >= 11 is 0. The first-order valence-corrected chi connectivity index (χ1v) is 32.8. The van der Waals surface area contributed by atoms with Crippen molar-refractivity contribution >= 4 is 11.9 Å². The van der Waals surface area contributed by atoms with Gasteiger partial charge < -0.3 is 20.3 Å². The number of carbonyl (C=O) groups excluding carboxylic acids is 2. The van der Waals surface area contributed by atoms with E-state index in [4.69, 9.17) is 4.74 Å². The van der Waals surface area contributed by atoms with Crippen molar-refractivity contribution in [3.05, 3.63) is 36.5 Å². The molecule has 73 heavy (non-hydrogen) atoms. The number of carbonyl (C=O) groups is 2. The van der Waals surface area contributed by atoms with Crippen molar-refractivity contribution < 1.29 is 24.5 Å². The number of amides is 1. The van der Waals surface area contributed by atoms with Gasteiger partial charge >= 0.3 is 5.97 Å². The van der Waals surface area contributed by atoms with E-state index in [2.05, 4.69) is 43.5 Å². The third kappa shape index (κ3) is 59.2. The van der Waals surface area contributed by atoms with Gasteiger partial charge in [-0.25, -0.2) is 0 Å². The average Bonchev–Trinajstić information content (AvgIpc) is 3.39. The normalized spacial score (nSPS) is 12.8. The Morgan fingerprint density at radius 1 is 0.384 bits per heavy atom. The maximum absolute atomic E-state index is 12.4. The molecule has 0 aliphatic heterocycles. The molecule has 0 aromatic rings. The first-order chi connectivity index (χ1) is 36.0. The molecule has 1 amide bonds. The van der Waals surface area contributed by atoms with Crippen molar-refractivity contribution in [3.8, 4) is 0 Å². The van der Waals surface area contributed by atoms with E-state index in [1.807, 2.05) is 6.08 Å². The lowest BCUT2D eigenvalue weighted by molar-refractivity contribution is -0.143. The first-order valence-electron chi connectivity index (χ1n) is 32.8. The molecule has 2 unspecified atom stereocenters. The van der Waals surface area contributed by atoms with E-state index in [9.17, 15) is 19.8 Å². The van der Waals surface area contributed by atoms with Gasteiger partial charge in [-0.3, -0.25) is 9.59 Å². The van der Waals surface area contributed by atoms with Crippen molar-refractivity contribution in [2.24, 2.45) is 0 Å². The van der Waals surface area contributed by atoms with Crippen molar-refractivity contribution in [2.75, 3.05) is 13.2 Å². The molecule has 0 fully saturated rings. The Labute approximate surface area is 455 Å². The van der Waals surface area contributed by atoms with Gasteiger partial charge in [-0.05, 0) is 64.2 Å². The van der Waals surface area contributed by atoms with Gasteiger partial charge in [-0.1, -0.05) is 314 Å². The van der Waals surface area contributed by atoms with E-state index in [0.29, 0.717) is 19.4 Å². The quantitative estimate of drug-likeness (QED) is 0.0320. The Morgan fingerprint density at radius 2 is 0.685 bits per heavy atom. The number of nitrogens with one attached hydrogen (secondary N) is 1. The second-order valence-corrected chi connectivity index (χ2v) is 22.5. The van der Waals surface area contributed by atoms with Crippen molar-refractivity contribution in [1.29, 1.82) is 0 Å². The van der Waals surface area contributed by atoms with Crippen LogP contribution in [0.5, 0.6) is 0 Å². The maximum atomic E-state index is 12.4. The lowest BCUT2D eigenvalue weighted by Gasteiger charge is -2.20. The van der Waals surface area contributed by atoms with Crippen LogP contribution in [0.3, 0.4) is 0 Å². The van der Waals surface area contributed by atoms with Gasteiger partial charge in [0.05, 0.1) is 25.4 Å². The summed E-state index contributed by atoms with van der Waals surface area (Å²) in [4.78, 5) is 24.5. The van der Waals surface area contributed by atoms with Crippen molar-refractivity contribution in [3.63, 3.8) is 0 Å². The summed E-state index contributed by atoms with van der Waals surface area (Å²) in [5, 5.41) is 23.0. The molecule has 6 nitrogen and oxygen atoms in total. The van der Waals surface area contributed by atoms with Gasteiger partial charge in [0.15, 0.2) is 0 Å². The molecule has 0 spiro atoms. The minimum Gasteiger partial charge on any atom is -0.466 e. The Morgan fingerprint density at radius 3 is 1.04 bits per heavy atom. The molecule has 0 aliphatic carbocycles. The van der Waals surface area contributed by atoms with Crippen LogP contribution < -0.4 is 5.32 Å². The zero-order valence-corrected chi connectivity index (χ0v) is 49.1. The lowest BCUT2D eigenvalue weighted by atomic mass is 10.0. The van der Waals surface area contributed by atoms with Crippen LogP contribution in [0.1, 0.15) is 354 Å². The fourth-order valence-corrected chi connectivity index (χ4v) is 10.1. The molecule has 0 aliphatic rings. The molecule has 0 radical (unpaired) electrons. The summed E-state index contributed by atoms with van der Waals surface area (Å²) in [6.45, 7) is 4.89. The standard InChI is InChI=1S/C67H127NO5/c1-3-5-7-9-11-13-14-15-16-17-32-35-38-41-45-49-53-57-61-67(72)73-62-58-54-50-46-42-39-36-33-30-28-26-24-22-20-18-19-21-23-25-27-29-31-34-37-40-44-48-52-56-60-66(71)68-64(63-69)65(70)59-55-51-47-43-12-10-8-6-4-2/h18,20,24,26,55,59,64-65,69-70H,3-17,19,21-23,25,27-54,56-58,60-63H2,1-2H3,(H,68,71)/b20-18-,26-24-,59-55+. The van der Waals surface area contributed by atoms with Crippen LogP contribution in [0.4, 0.5) is 0 Å². The van der Waals surface area contributed by atoms with E-state index >= 15 is 0 Å². The van der Waals surface area contributed by atoms with Gasteiger partial charge in [0.25, 0.3) is 0 Å². The van der Waals surface area contributed by atoms with Crippen LogP contribution in [0, 0.1) is 0 Å². The number of hydrogen-bond acceptors (Lipinski definition) is 5. The van der Waals surface area contributed by atoms with E-state index in [0.717, 1.165) is 44.9 Å². The van der Waals surface area contributed by atoms with E-state index in [1.165, 1.54) is 283 Å². The second kappa shape index (κ2) is 62.6. The van der Waals surface area contributed by atoms with Crippen LogP contribution in [0.2, 0.25) is 0 Å². The fourth-order valence-electron chi connectivity index (χ4n) is 10.1. The SMILES string of the molecule is CCCCCCCCC/C=C/C(O)C(CO)NC(=O)CCCCCCCCCCCCCCC/C=C\C/C=C\CCCCCCCCCCCOC(=O)CCCCCCCCCCCCCCCCCCCC. The minimum atomic E-state index is -0.843. The van der Waals surface area contributed by atoms with E-state index in [1.54, 1.807) is 6.08 Å². The highest BCUT2D eigenvalue weighted by molar-refractivity contribution is 5.76. The Hall–Kier alpha value is -1.92. The van der Waals surface area contributed by atoms with Crippen LogP contribution in [-0.2, 0) is 14.3 Å².